The van der Waals surface area contributed by atoms with E-state index in [1.54, 1.807) is 6.20 Å². The average molecular weight is 258 g/mol. The Morgan fingerprint density at radius 2 is 2.18 bits per heavy atom. The molecular weight excluding hydrogens is 240 g/mol. The summed E-state index contributed by atoms with van der Waals surface area (Å²) in [5.74, 6) is 2.55. The van der Waals surface area contributed by atoms with Crippen molar-refractivity contribution in [3.63, 3.8) is 0 Å². The molecule has 0 radical (unpaired) electrons. The second kappa shape index (κ2) is 5.18. The minimum atomic E-state index is -2.77. The van der Waals surface area contributed by atoms with Crippen LogP contribution in [0.1, 0.15) is 24.5 Å². The number of oxazole rings is 1. The van der Waals surface area contributed by atoms with E-state index in [2.05, 4.69) is 10.3 Å². The monoisotopic (exact) mass is 258 g/mol. The third kappa shape index (κ3) is 3.54. The van der Waals surface area contributed by atoms with Gasteiger partial charge in [-0.25, -0.2) is 13.4 Å². The van der Waals surface area contributed by atoms with E-state index in [4.69, 9.17) is 4.42 Å². The standard InChI is InChI=1S/C11H18N2O3S/c1-12-7-10-8-13-11(16-10)6-9-2-4-17(14,15)5-3-9/h8-9,12H,2-7H2,1H3. The van der Waals surface area contributed by atoms with Gasteiger partial charge in [0.05, 0.1) is 24.2 Å². The Hall–Kier alpha value is -0.880. The van der Waals surface area contributed by atoms with E-state index in [1.165, 1.54) is 0 Å². The lowest BCUT2D eigenvalue weighted by molar-refractivity contribution is 0.383. The molecule has 6 heteroatoms. The molecule has 0 atom stereocenters. The first-order chi connectivity index (χ1) is 8.09. The van der Waals surface area contributed by atoms with Crippen LogP contribution in [0.4, 0.5) is 0 Å². The van der Waals surface area contributed by atoms with Gasteiger partial charge in [-0.3, -0.25) is 0 Å². The maximum Gasteiger partial charge on any atom is 0.194 e. The van der Waals surface area contributed by atoms with Gasteiger partial charge < -0.3 is 9.73 Å². The average Bonchev–Trinajstić information content (AvgIpc) is 2.70. The number of aromatic nitrogens is 1. The first-order valence-corrected chi connectivity index (χ1v) is 7.70. The SMILES string of the molecule is CNCc1cnc(CC2CCS(=O)(=O)CC2)o1. The molecule has 0 saturated carbocycles. The van der Waals surface area contributed by atoms with E-state index < -0.39 is 9.84 Å². The Balaban J connectivity index is 1.88. The van der Waals surface area contributed by atoms with Gasteiger partial charge in [0.1, 0.15) is 15.6 Å². The molecular formula is C11H18N2O3S. The minimum Gasteiger partial charge on any atom is -0.444 e. The molecule has 1 aliphatic heterocycles. The maximum atomic E-state index is 11.3. The highest BCUT2D eigenvalue weighted by Gasteiger charge is 2.24. The molecule has 0 bridgehead atoms. The highest BCUT2D eigenvalue weighted by atomic mass is 32.2. The lowest BCUT2D eigenvalue weighted by Crippen LogP contribution is -2.24. The van der Waals surface area contributed by atoms with Gasteiger partial charge in [-0.05, 0) is 25.8 Å². The van der Waals surface area contributed by atoms with E-state index >= 15 is 0 Å². The third-order valence-electron chi connectivity index (χ3n) is 3.09. The van der Waals surface area contributed by atoms with Crippen LogP contribution in [0.2, 0.25) is 0 Å². The van der Waals surface area contributed by atoms with E-state index in [9.17, 15) is 8.42 Å². The Kier molecular flexibility index (Phi) is 3.83. The van der Waals surface area contributed by atoms with Crippen LogP contribution in [-0.2, 0) is 22.8 Å². The van der Waals surface area contributed by atoms with E-state index in [-0.39, 0.29) is 0 Å². The number of sulfone groups is 1. The Bertz CT molecular complexity index is 453. The van der Waals surface area contributed by atoms with Gasteiger partial charge in [-0.2, -0.15) is 0 Å². The van der Waals surface area contributed by atoms with Crippen molar-refractivity contribution in [3.05, 3.63) is 17.8 Å². The second-order valence-corrected chi connectivity index (χ2v) is 6.85. The van der Waals surface area contributed by atoms with Crippen LogP contribution in [0.5, 0.6) is 0 Å². The van der Waals surface area contributed by atoms with Crippen molar-refractivity contribution in [1.82, 2.24) is 10.3 Å². The molecule has 0 aliphatic carbocycles. The van der Waals surface area contributed by atoms with Crippen molar-refractivity contribution >= 4 is 9.84 Å². The third-order valence-corrected chi connectivity index (χ3v) is 4.81. The molecule has 1 fully saturated rings. The summed E-state index contributed by atoms with van der Waals surface area (Å²) >= 11 is 0. The molecule has 96 valence electrons. The molecule has 1 saturated heterocycles. The summed E-state index contributed by atoms with van der Waals surface area (Å²) in [6, 6.07) is 0. The van der Waals surface area contributed by atoms with Crippen LogP contribution >= 0.6 is 0 Å². The predicted octanol–water partition coefficient (Wildman–Crippen LogP) is 0.761. The fourth-order valence-electron chi connectivity index (χ4n) is 2.09. The van der Waals surface area contributed by atoms with Gasteiger partial charge >= 0.3 is 0 Å². The summed E-state index contributed by atoms with van der Waals surface area (Å²) in [7, 11) is -0.917. The molecule has 17 heavy (non-hydrogen) atoms. The van der Waals surface area contributed by atoms with Crippen LogP contribution in [0, 0.1) is 5.92 Å². The van der Waals surface area contributed by atoms with Gasteiger partial charge in [-0.15, -0.1) is 0 Å². The molecule has 1 aromatic rings. The normalized spacial score (nSPS) is 20.5. The van der Waals surface area contributed by atoms with Crippen molar-refractivity contribution in [2.45, 2.75) is 25.8 Å². The van der Waals surface area contributed by atoms with Crippen molar-refractivity contribution in [2.24, 2.45) is 5.92 Å². The van der Waals surface area contributed by atoms with Gasteiger partial charge in [0.25, 0.3) is 0 Å². The summed E-state index contributed by atoms with van der Waals surface area (Å²) < 4.78 is 28.1. The smallest absolute Gasteiger partial charge is 0.194 e. The second-order valence-electron chi connectivity index (χ2n) is 4.55. The number of rotatable bonds is 4. The largest absolute Gasteiger partial charge is 0.444 e. The number of nitrogens with one attached hydrogen (secondary N) is 1. The van der Waals surface area contributed by atoms with Crippen molar-refractivity contribution in [3.8, 4) is 0 Å². The van der Waals surface area contributed by atoms with Gasteiger partial charge in [0.2, 0.25) is 0 Å². The Morgan fingerprint density at radius 3 is 2.82 bits per heavy atom. The van der Waals surface area contributed by atoms with Crippen LogP contribution in [-0.4, -0.2) is 32.0 Å². The van der Waals surface area contributed by atoms with E-state index in [1.807, 2.05) is 7.05 Å². The summed E-state index contributed by atoms with van der Waals surface area (Å²) in [4.78, 5) is 4.21. The molecule has 0 amide bonds. The highest BCUT2D eigenvalue weighted by molar-refractivity contribution is 7.91. The van der Waals surface area contributed by atoms with Gasteiger partial charge in [0, 0.05) is 6.42 Å². The number of hydrogen-bond donors (Lipinski definition) is 1. The molecule has 0 unspecified atom stereocenters. The lowest BCUT2D eigenvalue weighted by Gasteiger charge is -2.20. The first kappa shape index (κ1) is 12.6. The zero-order valence-corrected chi connectivity index (χ0v) is 10.8. The van der Waals surface area contributed by atoms with Crippen LogP contribution in [0.25, 0.3) is 0 Å². The first-order valence-electron chi connectivity index (χ1n) is 5.87. The predicted molar refractivity (Wildman–Crippen MR) is 64.3 cm³/mol. The summed E-state index contributed by atoms with van der Waals surface area (Å²) in [5.41, 5.74) is 0. The molecule has 0 spiro atoms. The van der Waals surface area contributed by atoms with Crippen molar-refractivity contribution < 1.29 is 12.8 Å². The van der Waals surface area contributed by atoms with Crippen LogP contribution in [0.15, 0.2) is 10.6 Å². The molecule has 5 nitrogen and oxygen atoms in total. The quantitative estimate of drug-likeness (QED) is 0.863. The number of hydrogen-bond acceptors (Lipinski definition) is 5. The fraction of sp³-hybridized carbons (Fsp3) is 0.727. The summed E-state index contributed by atoms with van der Waals surface area (Å²) in [6.07, 6.45) is 3.93. The molecule has 1 aliphatic rings. The molecule has 2 heterocycles. The van der Waals surface area contributed by atoms with Gasteiger partial charge in [-0.1, -0.05) is 0 Å². The molecule has 0 aromatic carbocycles. The van der Waals surface area contributed by atoms with E-state index in [0.717, 1.165) is 30.9 Å². The summed E-state index contributed by atoms with van der Waals surface area (Å²) in [5, 5.41) is 3.00. The molecule has 1 aromatic heterocycles. The summed E-state index contributed by atoms with van der Waals surface area (Å²) in [6.45, 7) is 0.673. The Morgan fingerprint density at radius 1 is 1.47 bits per heavy atom. The topological polar surface area (TPSA) is 72.2 Å². The maximum absolute atomic E-state index is 11.3. The molecule has 2 rings (SSSR count). The van der Waals surface area contributed by atoms with Crippen LogP contribution < -0.4 is 5.32 Å². The van der Waals surface area contributed by atoms with Crippen molar-refractivity contribution in [1.29, 1.82) is 0 Å². The minimum absolute atomic E-state index is 0.307. The lowest BCUT2D eigenvalue weighted by atomic mass is 9.99. The van der Waals surface area contributed by atoms with Crippen LogP contribution in [0.3, 0.4) is 0 Å². The zero-order chi connectivity index (χ0) is 12.3. The van der Waals surface area contributed by atoms with Gasteiger partial charge in [0.15, 0.2) is 5.89 Å². The molecule has 1 N–H and O–H groups in total. The highest BCUT2D eigenvalue weighted by Crippen LogP contribution is 2.22. The fourth-order valence-corrected chi connectivity index (χ4v) is 3.68. The van der Waals surface area contributed by atoms with Crippen molar-refractivity contribution in [2.75, 3.05) is 18.6 Å². The zero-order valence-electron chi connectivity index (χ0n) is 9.98. The van der Waals surface area contributed by atoms with E-state index in [0.29, 0.717) is 24.0 Å². The Labute approximate surface area is 102 Å². The number of nitrogens with zero attached hydrogens (tertiary/aromatic N) is 1.